The molecule has 0 bridgehead atoms. The van der Waals surface area contributed by atoms with E-state index in [2.05, 4.69) is 5.32 Å². The van der Waals surface area contributed by atoms with Gasteiger partial charge in [-0.2, -0.15) is 0 Å². The van der Waals surface area contributed by atoms with E-state index in [1.165, 1.54) is 42.5 Å². The zero-order chi connectivity index (χ0) is 28.8. The van der Waals surface area contributed by atoms with Crippen LogP contribution < -0.4 is 16.8 Å². The number of nitrogens with one attached hydrogen (secondary N) is 1. The molecular weight excluding hydrogens is 494 g/mol. The van der Waals surface area contributed by atoms with Gasteiger partial charge >= 0.3 is 0 Å². The Hall–Kier alpha value is -3.74. The maximum absolute atomic E-state index is 9.73. The average molecular weight is 534 g/mol. The molecular formula is C27H39N3O8. The van der Waals surface area contributed by atoms with Crippen LogP contribution in [0, 0.1) is 0 Å². The van der Waals surface area contributed by atoms with Gasteiger partial charge in [0.15, 0.2) is 34.5 Å². The van der Waals surface area contributed by atoms with E-state index in [0.717, 1.165) is 5.56 Å². The van der Waals surface area contributed by atoms with E-state index >= 15 is 0 Å². The summed E-state index contributed by atoms with van der Waals surface area (Å²) in [6, 6.07) is 13.4. The van der Waals surface area contributed by atoms with Crippen molar-refractivity contribution in [1.82, 2.24) is 5.32 Å². The topological polar surface area (TPSA) is 226 Å². The van der Waals surface area contributed by atoms with Crippen molar-refractivity contribution in [3.8, 4) is 34.5 Å². The Kier molecular flexibility index (Phi) is 13.7. The number of nitrogens with two attached hydrogens (primary N) is 2. The molecule has 0 heterocycles. The molecule has 3 aromatic rings. The zero-order valence-corrected chi connectivity index (χ0v) is 21.5. The van der Waals surface area contributed by atoms with E-state index in [4.69, 9.17) is 37.0 Å². The van der Waals surface area contributed by atoms with Crippen molar-refractivity contribution in [2.24, 2.45) is 11.5 Å². The summed E-state index contributed by atoms with van der Waals surface area (Å²) >= 11 is 0. The third-order valence-electron chi connectivity index (χ3n) is 5.18. The van der Waals surface area contributed by atoms with Crippen molar-refractivity contribution in [3.63, 3.8) is 0 Å². The second kappa shape index (κ2) is 16.2. The summed E-state index contributed by atoms with van der Waals surface area (Å²) in [5, 5.41) is 76.3. The Bertz CT molecular complexity index is 1130. The van der Waals surface area contributed by atoms with Crippen LogP contribution in [0.25, 0.3) is 0 Å². The van der Waals surface area contributed by atoms with Crippen molar-refractivity contribution in [2.45, 2.75) is 38.5 Å². The molecule has 11 heteroatoms. The predicted molar refractivity (Wildman–Crippen MR) is 144 cm³/mol. The first kappa shape index (κ1) is 32.3. The van der Waals surface area contributed by atoms with Gasteiger partial charge in [0.2, 0.25) is 0 Å². The molecule has 2 atom stereocenters. The highest BCUT2D eigenvalue weighted by atomic mass is 16.3. The highest BCUT2D eigenvalue weighted by Crippen LogP contribution is 2.28. The molecule has 0 amide bonds. The molecule has 1 unspecified atom stereocenters. The van der Waals surface area contributed by atoms with Crippen LogP contribution in [0.15, 0.2) is 54.6 Å². The lowest BCUT2D eigenvalue weighted by Gasteiger charge is -2.14. The minimum atomic E-state index is -0.795. The summed E-state index contributed by atoms with van der Waals surface area (Å²) in [7, 11) is 0. The van der Waals surface area contributed by atoms with Crippen molar-refractivity contribution < 1.29 is 40.9 Å². The standard InChI is InChI=1S/C11H17NO3.C8H11NO3.C8H11NO2/c1-7(2)12-6-11(15)8-3-4-9(13)10(14)5-8;9-4-8(12)5-1-2-6(10)7(11)3-5;9-4-3-6-1-2-7(10)8(11)5-6/h3-5,7,11-15H,6H2,1-2H3;1-3,8,10-12H,4,9H2;1-2,5,10-11H,3-4,9H2/t;8-;/m.0./s1. The van der Waals surface area contributed by atoms with Gasteiger partial charge < -0.3 is 57.6 Å². The largest absolute Gasteiger partial charge is 0.504 e. The number of hydrogen-bond acceptors (Lipinski definition) is 11. The molecule has 0 aliphatic carbocycles. The summed E-state index contributed by atoms with van der Waals surface area (Å²) in [5.74, 6) is -1.02. The van der Waals surface area contributed by atoms with Crippen LogP contribution in [-0.4, -0.2) is 66.5 Å². The van der Waals surface area contributed by atoms with Gasteiger partial charge in [0, 0.05) is 19.1 Å². The first-order valence-corrected chi connectivity index (χ1v) is 11.9. The second-order valence-corrected chi connectivity index (χ2v) is 8.69. The number of aliphatic hydroxyl groups is 2. The summed E-state index contributed by atoms with van der Waals surface area (Å²) < 4.78 is 0. The van der Waals surface area contributed by atoms with Crippen LogP contribution in [0.5, 0.6) is 34.5 Å². The minimum Gasteiger partial charge on any atom is -0.504 e. The van der Waals surface area contributed by atoms with Crippen LogP contribution in [0.2, 0.25) is 0 Å². The van der Waals surface area contributed by atoms with E-state index < -0.39 is 12.2 Å². The van der Waals surface area contributed by atoms with Crippen LogP contribution in [0.4, 0.5) is 0 Å². The third kappa shape index (κ3) is 11.1. The molecule has 0 saturated heterocycles. The van der Waals surface area contributed by atoms with Crippen molar-refractivity contribution >= 4 is 0 Å². The highest BCUT2D eigenvalue weighted by Gasteiger charge is 2.10. The fourth-order valence-electron chi connectivity index (χ4n) is 2.99. The van der Waals surface area contributed by atoms with E-state index in [-0.39, 0.29) is 41.0 Å². The van der Waals surface area contributed by atoms with Gasteiger partial charge in [-0.15, -0.1) is 0 Å². The van der Waals surface area contributed by atoms with Gasteiger partial charge in [0.05, 0.1) is 12.2 Å². The molecule has 210 valence electrons. The summed E-state index contributed by atoms with van der Waals surface area (Å²) in [5.41, 5.74) is 12.5. The molecule has 0 aliphatic heterocycles. The molecule has 0 fully saturated rings. The smallest absolute Gasteiger partial charge is 0.157 e. The number of rotatable bonds is 8. The van der Waals surface area contributed by atoms with E-state index in [0.29, 0.717) is 36.7 Å². The quantitative estimate of drug-likeness (QED) is 0.187. The highest BCUT2D eigenvalue weighted by molar-refractivity contribution is 5.42. The first-order valence-electron chi connectivity index (χ1n) is 11.9. The maximum Gasteiger partial charge on any atom is 0.157 e. The molecule has 0 radical (unpaired) electrons. The normalized spacial score (nSPS) is 12.1. The number of aromatic hydroxyl groups is 6. The zero-order valence-electron chi connectivity index (χ0n) is 21.5. The first-order chi connectivity index (χ1) is 17.9. The fourth-order valence-corrected chi connectivity index (χ4v) is 2.99. The molecule has 38 heavy (non-hydrogen) atoms. The molecule has 13 N–H and O–H groups in total. The molecule has 0 spiro atoms. The Morgan fingerprint density at radius 2 is 1.08 bits per heavy atom. The van der Waals surface area contributed by atoms with Gasteiger partial charge in [-0.05, 0) is 66.1 Å². The van der Waals surface area contributed by atoms with Gasteiger partial charge in [-0.1, -0.05) is 32.0 Å². The third-order valence-corrected chi connectivity index (χ3v) is 5.18. The summed E-state index contributed by atoms with van der Waals surface area (Å²) in [6.45, 7) is 5.03. The van der Waals surface area contributed by atoms with Gasteiger partial charge in [-0.25, -0.2) is 0 Å². The number of phenols is 6. The van der Waals surface area contributed by atoms with Crippen molar-refractivity contribution in [2.75, 3.05) is 19.6 Å². The molecule has 11 nitrogen and oxygen atoms in total. The number of hydrogen-bond donors (Lipinski definition) is 11. The lowest BCUT2D eigenvalue weighted by molar-refractivity contribution is 0.171. The fraction of sp³-hybridized carbons (Fsp3) is 0.333. The Morgan fingerprint density at radius 3 is 1.47 bits per heavy atom. The van der Waals surface area contributed by atoms with Gasteiger partial charge in [0.1, 0.15) is 0 Å². The molecule has 3 aromatic carbocycles. The number of aliphatic hydroxyl groups excluding tert-OH is 2. The second-order valence-electron chi connectivity index (χ2n) is 8.69. The van der Waals surface area contributed by atoms with Crippen molar-refractivity contribution in [3.05, 3.63) is 71.3 Å². The SMILES string of the molecule is CC(C)NCC(O)c1ccc(O)c(O)c1.NCCc1ccc(O)c(O)c1.NC[C@H](O)c1ccc(O)c(O)c1. The van der Waals surface area contributed by atoms with E-state index in [9.17, 15) is 15.3 Å². The summed E-state index contributed by atoms with van der Waals surface area (Å²) in [6.07, 6.45) is -0.760. The van der Waals surface area contributed by atoms with Crippen LogP contribution in [-0.2, 0) is 6.42 Å². The van der Waals surface area contributed by atoms with E-state index in [1.807, 2.05) is 13.8 Å². The summed E-state index contributed by atoms with van der Waals surface area (Å²) in [4.78, 5) is 0. The number of benzene rings is 3. The monoisotopic (exact) mass is 533 g/mol. The van der Waals surface area contributed by atoms with Gasteiger partial charge in [-0.3, -0.25) is 0 Å². The lowest BCUT2D eigenvalue weighted by atomic mass is 10.1. The average Bonchev–Trinajstić information content (AvgIpc) is 2.88. The van der Waals surface area contributed by atoms with Crippen LogP contribution in [0.1, 0.15) is 42.7 Å². The van der Waals surface area contributed by atoms with Gasteiger partial charge in [0.25, 0.3) is 0 Å². The Morgan fingerprint density at radius 1 is 0.632 bits per heavy atom. The van der Waals surface area contributed by atoms with Crippen molar-refractivity contribution in [1.29, 1.82) is 0 Å². The van der Waals surface area contributed by atoms with Crippen LogP contribution in [0.3, 0.4) is 0 Å². The Balaban J connectivity index is 0.000000289. The molecule has 0 aromatic heterocycles. The number of phenolic OH excluding ortho intramolecular Hbond substituents is 6. The van der Waals surface area contributed by atoms with Crippen LogP contribution >= 0.6 is 0 Å². The molecule has 3 rings (SSSR count). The minimum absolute atomic E-state index is 0.0871. The van der Waals surface area contributed by atoms with E-state index in [1.54, 1.807) is 12.1 Å². The lowest BCUT2D eigenvalue weighted by Crippen LogP contribution is -2.27. The molecule has 0 aliphatic rings. The Labute approximate surface area is 221 Å². The maximum atomic E-state index is 9.73. The molecule has 0 saturated carbocycles. The predicted octanol–water partition coefficient (Wildman–Crippen LogP) is 1.82.